The molecule has 0 spiro atoms. The number of nitrogens with one attached hydrogen (secondary N) is 2. The average Bonchev–Trinajstić information content (AvgIpc) is 2.86. The molecule has 3 N–H and O–H groups in total. The molecule has 0 aliphatic rings. The van der Waals surface area contributed by atoms with Crippen LogP contribution in [0.15, 0.2) is 6.33 Å². The van der Waals surface area contributed by atoms with Crippen LogP contribution in [0.5, 0.6) is 0 Å². The van der Waals surface area contributed by atoms with Crippen molar-refractivity contribution in [3.63, 3.8) is 0 Å². The lowest BCUT2D eigenvalue weighted by molar-refractivity contribution is -0.131. The maximum atomic E-state index is 11.8. The zero-order valence-corrected chi connectivity index (χ0v) is 10.9. The molecule has 1 rings (SSSR count). The van der Waals surface area contributed by atoms with E-state index in [1.807, 2.05) is 6.92 Å². The molecule has 19 heavy (non-hydrogen) atoms. The fourth-order valence-electron chi connectivity index (χ4n) is 1.44. The number of aromatic carboxylic acids is 1. The van der Waals surface area contributed by atoms with Gasteiger partial charge in [0.2, 0.25) is 5.91 Å². The third kappa shape index (κ3) is 3.30. The van der Waals surface area contributed by atoms with Crippen molar-refractivity contribution in [2.24, 2.45) is 0 Å². The second-order valence-corrected chi connectivity index (χ2v) is 3.98. The first-order chi connectivity index (χ1) is 8.88. The monoisotopic (exact) mass is 268 g/mol. The van der Waals surface area contributed by atoms with Crippen LogP contribution in [0.25, 0.3) is 0 Å². The van der Waals surface area contributed by atoms with Gasteiger partial charge in [-0.1, -0.05) is 0 Å². The van der Waals surface area contributed by atoms with Gasteiger partial charge in [-0.05, 0) is 13.8 Å². The number of amides is 2. The zero-order chi connectivity index (χ0) is 14.6. The highest BCUT2D eigenvalue weighted by molar-refractivity contribution is 6.03. The predicted octanol–water partition coefficient (Wildman–Crippen LogP) is -0.295. The lowest BCUT2D eigenvalue weighted by Crippen LogP contribution is -2.45. The number of aromatic amines is 1. The molecule has 1 aromatic rings. The lowest BCUT2D eigenvalue weighted by atomic mass is 10.2. The first-order valence-corrected chi connectivity index (χ1v) is 5.71. The number of rotatable bonds is 5. The molecule has 0 radical (unpaired) electrons. The third-order valence-corrected chi connectivity index (χ3v) is 2.64. The molecule has 2 amide bonds. The van der Waals surface area contributed by atoms with Gasteiger partial charge in [0.1, 0.15) is 6.04 Å². The van der Waals surface area contributed by atoms with E-state index in [2.05, 4.69) is 15.3 Å². The second kappa shape index (κ2) is 5.98. The van der Waals surface area contributed by atoms with Crippen LogP contribution in [0.4, 0.5) is 0 Å². The minimum atomic E-state index is -1.28. The number of imidazole rings is 1. The Kier molecular flexibility index (Phi) is 4.62. The Bertz CT molecular complexity index is 497. The second-order valence-electron chi connectivity index (χ2n) is 3.98. The number of hydrogen-bond acceptors (Lipinski definition) is 4. The van der Waals surface area contributed by atoms with Crippen molar-refractivity contribution in [3.8, 4) is 0 Å². The van der Waals surface area contributed by atoms with Crippen molar-refractivity contribution < 1.29 is 19.5 Å². The molecule has 0 aliphatic heterocycles. The Balaban J connectivity index is 2.77. The van der Waals surface area contributed by atoms with Gasteiger partial charge in [0, 0.05) is 13.6 Å². The van der Waals surface area contributed by atoms with Crippen LogP contribution in [-0.4, -0.2) is 57.4 Å². The molecule has 1 aromatic heterocycles. The Hall–Kier alpha value is -2.38. The lowest BCUT2D eigenvalue weighted by Gasteiger charge is -2.20. The largest absolute Gasteiger partial charge is 0.477 e. The number of likely N-dealkylation sites (N-methyl/N-ethyl adjacent to an activating group) is 1. The highest BCUT2D eigenvalue weighted by Gasteiger charge is 2.24. The summed E-state index contributed by atoms with van der Waals surface area (Å²) < 4.78 is 0. The van der Waals surface area contributed by atoms with Crippen LogP contribution in [0, 0.1) is 0 Å². The van der Waals surface area contributed by atoms with Crippen molar-refractivity contribution in [3.05, 3.63) is 17.7 Å². The highest BCUT2D eigenvalue weighted by Crippen LogP contribution is 2.03. The highest BCUT2D eigenvalue weighted by atomic mass is 16.4. The number of carbonyl (C=O) groups excluding carboxylic acids is 2. The molecule has 104 valence electrons. The molecule has 0 aliphatic carbocycles. The molecule has 0 fully saturated rings. The van der Waals surface area contributed by atoms with Gasteiger partial charge in [-0.2, -0.15) is 0 Å². The van der Waals surface area contributed by atoms with E-state index in [0.717, 1.165) is 6.33 Å². The third-order valence-electron chi connectivity index (χ3n) is 2.64. The van der Waals surface area contributed by atoms with Crippen LogP contribution in [0.3, 0.4) is 0 Å². The quantitative estimate of drug-likeness (QED) is 0.678. The van der Waals surface area contributed by atoms with E-state index in [9.17, 15) is 14.4 Å². The molecular weight excluding hydrogens is 252 g/mol. The van der Waals surface area contributed by atoms with Crippen LogP contribution in [0.2, 0.25) is 0 Å². The van der Waals surface area contributed by atoms with Gasteiger partial charge < -0.3 is 20.3 Å². The smallest absolute Gasteiger partial charge is 0.354 e. The summed E-state index contributed by atoms with van der Waals surface area (Å²) in [4.78, 5) is 41.9. The van der Waals surface area contributed by atoms with Gasteiger partial charge in [0.15, 0.2) is 11.4 Å². The van der Waals surface area contributed by atoms with Crippen LogP contribution in [0.1, 0.15) is 34.8 Å². The molecule has 8 heteroatoms. The summed E-state index contributed by atoms with van der Waals surface area (Å²) in [6.45, 7) is 3.85. The van der Waals surface area contributed by atoms with E-state index < -0.39 is 17.9 Å². The summed E-state index contributed by atoms with van der Waals surface area (Å²) >= 11 is 0. The molecule has 0 saturated heterocycles. The van der Waals surface area contributed by atoms with Crippen molar-refractivity contribution in [1.82, 2.24) is 20.2 Å². The molecule has 8 nitrogen and oxygen atoms in total. The number of H-pyrrole nitrogens is 1. The Labute approximate surface area is 109 Å². The SMILES string of the molecule is CCN(C)C(=O)C(C)NC(=O)c1nc[nH]c1C(=O)O. The predicted molar refractivity (Wildman–Crippen MR) is 65.8 cm³/mol. The average molecular weight is 268 g/mol. The number of aromatic nitrogens is 2. The van der Waals surface area contributed by atoms with Crippen LogP contribution in [-0.2, 0) is 4.79 Å². The normalized spacial score (nSPS) is 11.7. The molecule has 1 unspecified atom stereocenters. The molecule has 1 atom stereocenters. The fraction of sp³-hybridized carbons (Fsp3) is 0.455. The summed E-state index contributed by atoms with van der Waals surface area (Å²) in [5.41, 5.74) is -0.549. The summed E-state index contributed by atoms with van der Waals surface area (Å²) in [6, 6.07) is -0.754. The maximum absolute atomic E-state index is 11.8. The molecule has 0 aromatic carbocycles. The van der Waals surface area contributed by atoms with E-state index in [1.165, 1.54) is 11.8 Å². The summed E-state index contributed by atoms with van der Waals surface area (Å²) in [5.74, 6) is -2.25. The Morgan fingerprint density at radius 3 is 2.68 bits per heavy atom. The summed E-state index contributed by atoms with van der Waals surface area (Å²) in [6.07, 6.45) is 1.11. The number of carboxylic acid groups (broad SMARTS) is 1. The minimum Gasteiger partial charge on any atom is -0.477 e. The van der Waals surface area contributed by atoms with Crippen molar-refractivity contribution in [1.29, 1.82) is 0 Å². The summed E-state index contributed by atoms with van der Waals surface area (Å²) in [5, 5.41) is 11.3. The van der Waals surface area contributed by atoms with E-state index >= 15 is 0 Å². The van der Waals surface area contributed by atoms with Crippen LogP contribution < -0.4 is 5.32 Å². The zero-order valence-electron chi connectivity index (χ0n) is 10.9. The van der Waals surface area contributed by atoms with Gasteiger partial charge in [-0.25, -0.2) is 9.78 Å². The van der Waals surface area contributed by atoms with E-state index in [0.29, 0.717) is 6.54 Å². The first-order valence-electron chi connectivity index (χ1n) is 5.71. The minimum absolute atomic E-state index is 0.244. The van der Waals surface area contributed by atoms with Crippen molar-refractivity contribution >= 4 is 17.8 Å². The molecular formula is C11H16N4O4. The first kappa shape index (κ1) is 14.7. The van der Waals surface area contributed by atoms with E-state index in [-0.39, 0.29) is 17.3 Å². The number of carbonyl (C=O) groups is 3. The molecule has 0 bridgehead atoms. The van der Waals surface area contributed by atoms with E-state index in [4.69, 9.17) is 5.11 Å². The number of carboxylic acids is 1. The van der Waals surface area contributed by atoms with Gasteiger partial charge in [-0.3, -0.25) is 9.59 Å². The number of nitrogens with zero attached hydrogens (tertiary/aromatic N) is 2. The van der Waals surface area contributed by atoms with Crippen LogP contribution >= 0.6 is 0 Å². The van der Waals surface area contributed by atoms with Crippen molar-refractivity contribution in [2.75, 3.05) is 13.6 Å². The maximum Gasteiger partial charge on any atom is 0.354 e. The van der Waals surface area contributed by atoms with Gasteiger partial charge in [0.05, 0.1) is 6.33 Å². The van der Waals surface area contributed by atoms with Gasteiger partial charge >= 0.3 is 5.97 Å². The van der Waals surface area contributed by atoms with Gasteiger partial charge in [0.25, 0.3) is 5.91 Å². The summed E-state index contributed by atoms with van der Waals surface area (Å²) in [7, 11) is 1.61. The Morgan fingerprint density at radius 2 is 2.16 bits per heavy atom. The Morgan fingerprint density at radius 1 is 1.53 bits per heavy atom. The topological polar surface area (TPSA) is 115 Å². The van der Waals surface area contributed by atoms with E-state index in [1.54, 1.807) is 7.05 Å². The van der Waals surface area contributed by atoms with Crippen molar-refractivity contribution in [2.45, 2.75) is 19.9 Å². The molecule has 0 saturated carbocycles. The molecule has 1 heterocycles. The fourth-order valence-corrected chi connectivity index (χ4v) is 1.44. The standard InChI is InChI=1S/C11H16N4O4/c1-4-15(3)10(17)6(2)14-9(16)7-8(11(18)19)13-5-12-7/h5-6H,4H2,1-3H3,(H,12,13)(H,14,16)(H,18,19). The van der Waals surface area contributed by atoms with Gasteiger partial charge in [-0.15, -0.1) is 0 Å². The number of hydrogen-bond donors (Lipinski definition) is 3.